The Balaban J connectivity index is 1.71. The average Bonchev–Trinajstić information content (AvgIpc) is 3.26. The molecule has 0 radical (unpaired) electrons. The first-order valence-corrected chi connectivity index (χ1v) is 9.02. The topological polar surface area (TPSA) is 71.5 Å². The third kappa shape index (κ3) is 4.05. The van der Waals surface area contributed by atoms with Crippen LogP contribution in [0.5, 0.6) is 0 Å². The molecule has 0 spiro atoms. The number of amides is 1. The second-order valence-electron chi connectivity index (χ2n) is 6.17. The number of carbonyl (C=O) groups is 2. The van der Waals surface area contributed by atoms with Gasteiger partial charge in [0.05, 0.1) is 18.8 Å². The molecule has 0 saturated carbocycles. The lowest BCUT2D eigenvalue weighted by Crippen LogP contribution is -2.37. The van der Waals surface area contributed by atoms with Crippen molar-refractivity contribution in [2.75, 3.05) is 13.7 Å². The number of hydrogen-bond acceptors (Lipinski definition) is 6. The summed E-state index contributed by atoms with van der Waals surface area (Å²) in [6.45, 7) is 3.32. The fourth-order valence-corrected chi connectivity index (χ4v) is 3.68. The summed E-state index contributed by atoms with van der Waals surface area (Å²) in [6.07, 6.45) is 2.10. The number of likely N-dealkylation sites (tertiary alicyclic amines) is 1. The van der Waals surface area contributed by atoms with Crippen molar-refractivity contribution in [1.29, 1.82) is 0 Å². The van der Waals surface area contributed by atoms with Crippen LogP contribution >= 0.6 is 11.3 Å². The van der Waals surface area contributed by atoms with E-state index in [1.165, 1.54) is 29.6 Å². The summed E-state index contributed by atoms with van der Waals surface area (Å²) in [5.74, 6) is -0.406. The van der Waals surface area contributed by atoms with Gasteiger partial charge in [0, 0.05) is 19.1 Å². The quantitative estimate of drug-likeness (QED) is 0.827. The van der Waals surface area contributed by atoms with Crippen molar-refractivity contribution < 1.29 is 14.3 Å². The van der Waals surface area contributed by atoms with E-state index < -0.39 is 0 Å². The molecule has 2 heterocycles. The van der Waals surface area contributed by atoms with Crippen LogP contribution in [0.25, 0.3) is 0 Å². The molecule has 0 aliphatic carbocycles. The molecular formula is C18H21N3O3S. The van der Waals surface area contributed by atoms with Crippen molar-refractivity contribution in [1.82, 2.24) is 15.2 Å². The number of methoxy groups -OCH3 is 1. The lowest BCUT2D eigenvalue weighted by atomic mass is 10.1. The number of carbonyl (C=O) groups excluding carboxylic acids is 2. The van der Waals surface area contributed by atoms with Gasteiger partial charge in [-0.3, -0.25) is 19.5 Å². The molecule has 1 aromatic heterocycles. The monoisotopic (exact) mass is 359 g/mol. The van der Waals surface area contributed by atoms with Gasteiger partial charge in [-0.25, -0.2) is 0 Å². The van der Waals surface area contributed by atoms with Crippen molar-refractivity contribution in [3.8, 4) is 0 Å². The SMILES string of the molecule is COC(=O)[C@@H]1C[C@@H](NC(=O)c2cncs2)CN1Cc1ccccc1C. The van der Waals surface area contributed by atoms with Gasteiger partial charge < -0.3 is 10.1 Å². The minimum Gasteiger partial charge on any atom is -0.468 e. The Morgan fingerprint density at radius 3 is 2.88 bits per heavy atom. The molecule has 2 aromatic rings. The zero-order chi connectivity index (χ0) is 17.8. The van der Waals surface area contributed by atoms with Crippen LogP contribution in [0.2, 0.25) is 0 Å². The van der Waals surface area contributed by atoms with Crippen molar-refractivity contribution in [3.05, 3.63) is 52.0 Å². The third-order valence-corrected chi connectivity index (χ3v) is 5.27. The Hall–Kier alpha value is -2.25. The van der Waals surface area contributed by atoms with Crippen LogP contribution in [0, 0.1) is 6.92 Å². The molecule has 0 unspecified atom stereocenters. The standard InChI is InChI=1S/C18H21N3O3S/c1-12-5-3-4-6-13(12)9-21-10-14(7-15(21)18(23)24-2)20-17(22)16-8-19-11-25-16/h3-6,8,11,14-15H,7,9-10H2,1-2H3,(H,20,22)/t14-,15+/m1/s1. The number of aryl methyl sites for hydroxylation is 1. The molecule has 1 aromatic carbocycles. The van der Waals surface area contributed by atoms with Gasteiger partial charge in [-0.15, -0.1) is 11.3 Å². The lowest BCUT2D eigenvalue weighted by Gasteiger charge is -2.23. The fourth-order valence-electron chi connectivity index (χ4n) is 3.15. The Morgan fingerprint density at radius 2 is 2.20 bits per heavy atom. The smallest absolute Gasteiger partial charge is 0.323 e. The molecule has 7 heteroatoms. The number of nitrogens with zero attached hydrogens (tertiary/aromatic N) is 2. The highest BCUT2D eigenvalue weighted by atomic mass is 32.1. The van der Waals surface area contributed by atoms with E-state index in [0.29, 0.717) is 24.4 Å². The summed E-state index contributed by atoms with van der Waals surface area (Å²) in [5.41, 5.74) is 3.99. The summed E-state index contributed by atoms with van der Waals surface area (Å²) in [6, 6.07) is 7.67. The molecule has 132 valence electrons. The largest absolute Gasteiger partial charge is 0.468 e. The first kappa shape index (κ1) is 17.6. The summed E-state index contributed by atoms with van der Waals surface area (Å²) < 4.78 is 4.96. The molecule has 1 aliphatic heterocycles. The summed E-state index contributed by atoms with van der Waals surface area (Å²) in [4.78, 5) is 31.0. The maximum atomic E-state index is 12.3. The van der Waals surface area contributed by atoms with Crippen LogP contribution < -0.4 is 5.32 Å². The van der Waals surface area contributed by atoms with Gasteiger partial charge in [-0.1, -0.05) is 24.3 Å². The number of thiazole rings is 1. The van der Waals surface area contributed by atoms with Gasteiger partial charge in [-0.2, -0.15) is 0 Å². The normalized spacial score (nSPS) is 20.4. The second kappa shape index (κ2) is 7.76. The van der Waals surface area contributed by atoms with Crippen molar-refractivity contribution in [3.63, 3.8) is 0 Å². The molecule has 1 aliphatic rings. The van der Waals surface area contributed by atoms with Crippen molar-refractivity contribution >= 4 is 23.2 Å². The molecule has 2 atom stereocenters. The average molecular weight is 359 g/mol. The number of rotatable bonds is 5. The van der Waals surface area contributed by atoms with E-state index in [9.17, 15) is 9.59 Å². The van der Waals surface area contributed by atoms with E-state index >= 15 is 0 Å². The van der Waals surface area contributed by atoms with Gasteiger partial charge >= 0.3 is 5.97 Å². The highest BCUT2D eigenvalue weighted by Crippen LogP contribution is 2.23. The predicted octanol–water partition coefficient (Wildman–Crippen LogP) is 2.00. The zero-order valence-corrected chi connectivity index (χ0v) is 15.1. The van der Waals surface area contributed by atoms with Crippen molar-refractivity contribution in [2.24, 2.45) is 0 Å². The number of esters is 1. The maximum Gasteiger partial charge on any atom is 0.323 e. The molecule has 1 amide bonds. The Bertz CT molecular complexity index is 748. The lowest BCUT2D eigenvalue weighted by molar-refractivity contribution is -0.146. The van der Waals surface area contributed by atoms with E-state index in [1.807, 2.05) is 12.1 Å². The fraction of sp³-hybridized carbons (Fsp3) is 0.389. The zero-order valence-electron chi connectivity index (χ0n) is 14.3. The molecule has 6 nitrogen and oxygen atoms in total. The second-order valence-corrected chi connectivity index (χ2v) is 7.05. The van der Waals surface area contributed by atoms with Crippen LogP contribution in [0.1, 0.15) is 27.2 Å². The number of ether oxygens (including phenoxy) is 1. The van der Waals surface area contributed by atoms with E-state index in [0.717, 1.165) is 0 Å². The summed E-state index contributed by atoms with van der Waals surface area (Å²) in [5, 5.41) is 3.00. The molecule has 25 heavy (non-hydrogen) atoms. The molecule has 0 bridgehead atoms. The van der Waals surface area contributed by atoms with Crippen molar-refractivity contribution in [2.45, 2.75) is 32.0 Å². The van der Waals surface area contributed by atoms with Crippen LogP contribution in [0.15, 0.2) is 36.0 Å². The first-order chi connectivity index (χ1) is 12.1. The van der Waals surface area contributed by atoms with Gasteiger partial charge in [0.15, 0.2) is 0 Å². The predicted molar refractivity (Wildman–Crippen MR) is 95.4 cm³/mol. The van der Waals surface area contributed by atoms with Gasteiger partial charge in [0.1, 0.15) is 10.9 Å². The van der Waals surface area contributed by atoms with E-state index in [2.05, 4.69) is 34.3 Å². The molecule has 1 N–H and O–H groups in total. The molecule has 1 saturated heterocycles. The van der Waals surface area contributed by atoms with Crippen LogP contribution in [0.3, 0.4) is 0 Å². The number of aromatic nitrogens is 1. The van der Waals surface area contributed by atoms with E-state index in [4.69, 9.17) is 4.74 Å². The summed E-state index contributed by atoms with van der Waals surface area (Å²) >= 11 is 1.30. The number of nitrogens with one attached hydrogen (secondary N) is 1. The van der Waals surface area contributed by atoms with Crippen LogP contribution in [-0.2, 0) is 16.1 Å². The molecule has 3 rings (SSSR count). The van der Waals surface area contributed by atoms with Gasteiger partial charge in [0.2, 0.25) is 0 Å². The number of benzene rings is 1. The first-order valence-electron chi connectivity index (χ1n) is 8.14. The Labute approximate surface area is 150 Å². The molecule has 1 fully saturated rings. The van der Waals surface area contributed by atoms with Gasteiger partial charge in [0.25, 0.3) is 5.91 Å². The Kier molecular flexibility index (Phi) is 5.45. The van der Waals surface area contributed by atoms with Gasteiger partial charge in [-0.05, 0) is 24.5 Å². The third-order valence-electron chi connectivity index (χ3n) is 4.50. The minimum atomic E-state index is -0.351. The minimum absolute atomic E-state index is 0.0947. The number of hydrogen-bond donors (Lipinski definition) is 1. The van der Waals surface area contributed by atoms with Crippen LogP contribution in [0.4, 0.5) is 0 Å². The van der Waals surface area contributed by atoms with Crippen LogP contribution in [-0.4, -0.2) is 47.5 Å². The highest BCUT2D eigenvalue weighted by Gasteiger charge is 2.38. The Morgan fingerprint density at radius 1 is 1.40 bits per heavy atom. The van der Waals surface area contributed by atoms with E-state index in [-0.39, 0.29) is 24.0 Å². The maximum absolute atomic E-state index is 12.3. The molecular weight excluding hydrogens is 338 g/mol. The summed E-state index contributed by atoms with van der Waals surface area (Å²) in [7, 11) is 1.40. The highest BCUT2D eigenvalue weighted by molar-refractivity contribution is 7.11. The van der Waals surface area contributed by atoms with E-state index in [1.54, 1.807) is 11.7 Å².